The van der Waals surface area contributed by atoms with Crippen LogP contribution in [0, 0.1) is 0 Å². The van der Waals surface area contributed by atoms with E-state index in [0.29, 0.717) is 21.2 Å². The minimum atomic E-state index is -4.42. The van der Waals surface area contributed by atoms with E-state index in [1.54, 1.807) is 18.2 Å². The third-order valence-corrected chi connectivity index (χ3v) is 3.47. The number of rotatable bonds is 2. The topological polar surface area (TPSA) is 0 Å². The summed E-state index contributed by atoms with van der Waals surface area (Å²) in [5, 5.41) is 0.833. The summed E-state index contributed by atoms with van der Waals surface area (Å²) in [5.41, 5.74) is 0.512. The molecule has 6 heteroatoms. The molecule has 0 aliphatic heterocycles. The van der Waals surface area contributed by atoms with Crippen LogP contribution in [0.1, 0.15) is 11.1 Å². The van der Waals surface area contributed by atoms with Crippen LogP contribution in [0.5, 0.6) is 0 Å². The zero-order valence-electron chi connectivity index (χ0n) is 9.94. The van der Waals surface area contributed by atoms with Crippen LogP contribution in [-0.4, -0.2) is 0 Å². The Labute approximate surface area is 129 Å². The van der Waals surface area contributed by atoms with Gasteiger partial charge in [-0.05, 0) is 47.0 Å². The predicted octanol–water partition coefficient (Wildman–Crippen LogP) is 6.42. The van der Waals surface area contributed by atoms with E-state index >= 15 is 0 Å². The molecule has 0 amide bonds. The van der Waals surface area contributed by atoms with Crippen molar-refractivity contribution in [3.8, 4) is 11.1 Å². The molecule has 106 valence electrons. The van der Waals surface area contributed by atoms with Crippen LogP contribution >= 0.6 is 34.8 Å². The lowest BCUT2D eigenvalue weighted by atomic mass is 9.99. The minimum absolute atomic E-state index is 0.0211. The lowest BCUT2D eigenvalue weighted by molar-refractivity contribution is -0.138. The molecule has 20 heavy (non-hydrogen) atoms. The van der Waals surface area contributed by atoms with E-state index in [-0.39, 0.29) is 11.4 Å². The van der Waals surface area contributed by atoms with E-state index < -0.39 is 11.7 Å². The number of alkyl halides is 4. The lowest BCUT2D eigenvalue weighted by Crippen LogP contribution is -2.08. The molecule has 2 rings (SSSR count). The van der Waals surface area contributed by atoms with Crippen molar-refractivity contribution in [2.45, 2.75) is 12.1 Å². The average Bonchev–Trinajstić information content (AvgIpc) is 2.35. The maximum atomic E-state index is 12.8. The fraction of sp³-hybridized carbons (Fsp3) is 0.143. The average molecular weight is 340 g/mol. The van der Waals surface area contributed by atoms with Crippen LogP contribution in [0.15, 0.2) is 36.4 Å². The molecular weight excluding hydrogens is 332 g/mol. The van der Waals surface area contributed by atoms with Gasteiger partial charge in [-0.25, -0.2) is 0 Å². The summed E-state index contributed by atoms with van der Waals surface area (Å²) >= 11 is 17.4. The van der Waals surface area contributed by atoms with Gasteiger partial charge in [-0.15, -0.1) is 11.6 Å². The van der Waals surface area contributed by atoms with Crippen molar-refractivity contribution in [1.82, 2.24) is 0 Å². The summed E-state index contributed by atoms with van der Waals surface area (Å²) < 4.78 is 38.4. The number of hydrogen-bond donors (Lipinski definition) is 0. The van der Waals surface area contributed by atoms with E-state index in [9.17, 15) is 13.2 Å². The maximum Gasteiger partial charge on any atom is 0.416 e. The highest BCUT2D eigenvalue weighted by Gasteiger charge is 2.33. The van der Waals surface area contributed by atoms with Gasteiger partial charge in [0, 0.05) is 15.9 Å². The Morgan fingerprint density at radius 2 is 1.45 bits per heavy atom. The molecular formula is C14H8Cl3F3. The van der Waals surface area contributed by atoms with E-state index in [0.717, 1.165) is 6.07 Å². The summed E-state index contributed by atoms with van der Waals surface area (Å²) in [6.45, 7) is 0. The van der Waals surface area contributed by atoms with Crippen molar-refractivity contribution in [2.24, 2.45) is 0 Å². The van der Waals surface area contributed by atoms with Gasteiger partial charge in [0.05, 0.1) is 5.56 Å². The number of hydrogen-bond acceptors (Lipinski definition) is 0. The van der Waals surface area contributed by atoms with Gasteiger partial charge in [0.2, 0.25) is 0 Å². The van der Waals surface area contributed by atoms with Crippen molar-refractivity contribution in [2.75, 3.05) is 0 Å². The molecule has 0 radical (unpaired) electrons. The molecule has 0 nitrogen and oxygen atoms in total. The zero-order valence-corrected chi connectivity index (χ0v) is 12.2. The van der Waals surface area contributed by atoms with Crippen molar-refractivity contribution >= 4 is 34.8 Å². The summed E-state index contributed by atoms with van der Waals surface area (Å²) in [6, 6.07) is 8.61. The van der Waals surface area contributed by atoms with Gasteiger partial charge >= 0.3 is 6.18 Å². The third-order valence-electron chi connectivity index (χ3n) is 2.75. The number of benzene rings is 2. The minimum Gasteiger partial charge on any atom is -0.166 e. The summed E-state index contributed by atoms with van der Waals surface area (Å²) in [5.74, 6) is -0.225. The Balaban J connectivity index is 2.54. The molecule has 0 saturated heterocycles. The molecule has 0 saturated carbocycles. The van der Waals surface area contributed by atoms with Gasteiger partial charge in [0.15, 0.2) is 0 Å². The van der Waals surface area contributed by atoms with Gasteiger partial charge < -0.3 is 0 Å². The van der Waals surface area contributed by atoms with Crippen molar-refractivity contribution < 1.29 is 13.2 Å². The first-order chi connectivity index (χ1) is 9.31. The van der Waals surface area contributed by atoms with Gasteiger partial charge in [-0.3, -0.25) is 0 Å². The zero-order chi connectivity index (χ0) is 14.9. The monoisotopic (exact) mass is 338 g/mol. The standard InChI is InChI=1S/C14H8Cl3F3/c15-7-10-3-8(1-2-13(10)14(18,19)20)9-4-11(16)6-12(17)5-9/h1-6H,7H2. The third kappa shape index (κ3) is 3.40. The van der Waals surface area contributed by atoms with Crippen LogP contribution < -0.4 is 0 Å². The van der Waals surface area contributed by atoms with Gasteiger partial charge in [-0.1, -0.05) is 29.3 Å². The van der Waals surface area contributed by atoms with Crippen molar-refractivity contribution in [3.63, 3.8) is 0 Å². The smallest absolute Gasteiger partial charge is 0.166 e. The molecule has 0 spiro atoms. The molecule has 0 N–H and O–H groups in total. The van der Waals surface area contributed by atoms with E-state index in [4.69, 9.17) is 34.8 Å². The predicted molar refractivity (Wildman–Crippen MR) is 76.5 cm³/mol. The molecule has 0 aromatic heterocycles. The highest BCUT2D eigenvalue weighted by atomic mass is 35.5. The first-order valence-electron chi connectivity index (χ1n) is 5.54. The summed E-state index contributed by atoms with van der Waals surface area (Å²) in [4.78, 5) is 0. The lowest BCUT2D eigenvalue weighted by Gasteiger charge is -2.13. The van der Waals surface area contributed by atoms with Gasteiger partial charge in [-0.2, -0.15) is 13.2 Å². The highest BCUT2D eigenvalue weighted by molar-refractivity contribution is 6.35. The van der Waals surface area contributed by atoms with Crippen LogP contribution in [0.4, 0.5) is 13.2 Å². The van der Waals surface area contributed by atoms with Gasteiger partial charge in [0.25, 0.3) is 0 Å². The Bertz CT molecular complexity index is 616. The van der Waals surface area contributed by atoms with E-state index in [1.807, 2.05) is 0 Å². The second kappa shape index (κ2) is 5.84. The Morgan fingerprint density at radius 1 is 0.850 bits per heavy atom. The SMILES string of the molecule is FC(F)(F)c1ccc(-c2cc(Cl)cc(Cl)c2)cc1CCl. The number of halogens is 6. The fourth-order valence-electron chi connectivity index (χ4n) is 1.88. The Hall–Kier alpha value is -0.900. The van der Waals surface area contributed by atoms with Crippen molar-refractivity contribution in [3.05, 3.63) is 57.6 Å². The van der Waals surface area contributed by atoms with Crippen LogP contribution in [0.2, 0.25) is 10.0 Å². The molecule has 0 aliphatic rings. The fourth-order valence-corrected chi connectivity index (χ4v) is 2.63. The molecule has 2 aromatic carbocycles. The second-order valence-corrected chi connectivity index (χ2v) is 5.30. The molecule has 0 fully saturated rings. The Kier molecular flexibility index (Phi) is 4.52. The Morgan fingerprint density at radius 3 is 1.95 bits per heavy atom. The summed E-state index contributed by atoms with van der Waals surface area (Å²) in [6.07, 6.45) is -4.42. The molecule has 2 aromatic rings. The molecule has 0 bridgehead atoms. The van der Waals surface area contributed by atoms with Crippen LogP contribution in [0.3, 0.4) is 0 Å². The summed E-state index contributed by atoms with van der Waals surface area (Å²) in [7, 11) is 0. The first-order valence-corrected chi connectivity index (χ1v) is 6.83. The van der Waals surface area contributed by atoms with Crippen molar-refractivity contribution in [1.29, 1.82) is 0 Å². The molecule has 0 atom stereocenters. The van der Waals surface area contributed by atoms with E-state index in [2.05, 4.69) is 0 Å². The van der Waals surface area contributed by atoms with Crippen LogP contribution in [-0.2, 0) is 12.1 Å². The maximum absolute atomic E-state index is 12.8. The van der Waals surface area contributed by atoms with E-state index in [1.165, 1.54) is 12.1 Å². The molecule has 0 unspecified atom stereocenters. The second-order valence-electron chi connectivity index (χ2n) is 4.16. The quantitative estimate of drug-likeness (QED) is 0.554. The largest absolute Gasteiger partial charge is 0.416 e. The molecule has 0 aliphatic carbocycles. The normalized spacial score (nSPS) is 11.7. The van der Waals surface area contributed by atoms with Gasteiger partial charge in [0.1, 0.15) is 0 Å². The van der Waals surface area contributed by atoms with Crippen LogP contribution in [0.25, 0.3) is 11.1 Å². The molecule has 0 heterocycles. The highest BCUT2D eigenvalue weighted by Crippen LogP contribution is 2.36. The first kappa shape index (κ1) is 15.5.